The van der Waals surface area contributed by atoms with E-state index < -0.39 is 0 Å². The lowest BCUT2D eigenvalue weighted by atomic mass is 10.0. The molecule has 1 aromatic heterocycles. The van der Waals surface area contributed by atoms with E-state index in [9.17, 15) is 4.79 Å². The van der Waals surface area contributed by atoms with Gasteiger partial charge in [-0.05, 0) is 32.6 Å². The molecule has 0 N–H and O–H groups in total. The molecule has 104 valence electrons. The highest BCUT2D eigenvalue weighted by molar-refractivity contribution is 5.90. The lowest BCUT2D eigenvalue weighted by Crippen LogP contribution is -2.35. The Morgan fingerprint density at radius 2 is 2.37 bits per heavy atom. The van der Waals surface area contributed by atoms with Gasteiger partial charge in [-0.25, -0.2) is 14.8 Å². The van der Waals surface area contributed by atoms with E-state index in [2.05, 4.69) is 21.8 Å². The number of carbonyl (C=O) groups is 1. The van der Waals surface area contributed by atoms with Gasteiger partial charge < -0.3 is 9.64 Å². The van der Waals surface area contributed by atoms with Gasteiger partial charge in [0.1, 0.15) is 0 Å². The van der Waals surface area contributed by atoms with E-state index >= 15 is 0 Å². The van der Waals surface area contributed by atoms with E-state index in [1.54, 1.807) is 13.1 Å². The van der Waals surface area contributed by atoms with Crippen molar-refractivity contribution in [2.45, 2.75) is 33.6 Å². The minimum Gasteiger partial charge on any atom is -0.462 e. The number of esters is 1. The topological polar surface area (TPSA) is 55.3 Å². The van der Waals surface area contributed by atoms with Crippen LogP contribution in [0.15, 0.2) is 6.20 Å². The van der Waals surface area contributed by atoms with E-state index in [4.69, 9.17) is 4.74 Å². The van der Waals surface area contributed by atoms with Crippen LogP contribution in [0.25, 0.3) is 0 Å². The number of aromatic nitrogens is 2. The highest BCUT2D eigenvalue weighted by Gasteiger charge is 2.20. The van der Waals surface area contributed by atoms with Crippen molar-refractivity contribution < 1.29 is 9.53 Å². The summed E-state index contributed by atoms with van der Waals surface area (Å²) < 4.78 is 4.98. The molecule has 1 aliphatic heterocycles. The minimum atomic E-state index is -0.349. The number of ether oxygens (including phenoxy) is 1. The molecule has 0 aliphatic carbocycles. The van der Waals surface area contributed by atoms with E-state index in [-0.39, 0.29) is 5.97 Å². The van der Waals surface area contributed by atoms with E-state index in [0.717, 1.165) is 19.0 Å². The number of nitrogens with zero attached hydrogens (tertiary/aromatic N) is 3. The standard InChI is InChI=1S/C14H21N3O2/c1-4-19-13(18)12-8-15-14(16-11(12)3)17-7-5-6-10(2)9-17/h8,10H,4-7,9H2,1-3H3/t10-/m1/s1. The third-order valence-corrected chi connectivity index (χ3v) is 3.40. The molecule has 2 heterocycles. The van der Waals surface area contributed by atoms with Gasteiger partial charge in [0.25, 0.3) is 0 Å². The molecule has 19 heavy (non-hydrogen) atoms. The Bertz CT molecular complexity index is 462. The average molecular weight is 263 g/mol. The lowest BCUT2D eigenvalue weighted by molar-refractivity contribution is 0.0524. The van der Waals surface area contributed by atoms with Gasteiger partial charge >= 0.3 is 5.97 Å². The van der Waals surface area contributed by atoms with Gasteiger partial charge in [0.15, 0.2) is 0 Å². The van der Waals surface area contributed by atoms with Crippen LogP contribution in [0, 0.1) is 12.8 Å². The second-order valence-corrected chi connectivity index (χ2v) is 5.08. The molecule has 0 unspecified atom stereocenters. The summed E-state index contributed by atoms with van der Waals surface area (Å²) in [6.07, 6.45) is 4.01. The third kappa shape index (κ3) is 3.22. The van der Waals surface area contributed by atoms with Gasteiger partial charge in [0.05, 0.1) is 17.9 Å². The van der Waals surface area contributed by atoms with Gasteiger partial charge in [0, 0.05) is 19.3 Å². The van der Waals surface area contributed by atoms with Crippen LogP contribution in [0.3, 0.4) is 0 Å². The molecule has 1 atom stereocenters. The highest BCUT2D eigenvalue weighted by atomic mass is 16.5. The second kappa shape index (κ2) is 5.99. The van der Waals surface area contributed by atoms with Crippen molar-refractivity contribution in [3.63, 3.8) is 0 Å². The lowest BCUT2D eigenvalue weighted by Gasteiger charge is -2.31. The molecule has 0 aromatic carbocycles. The molecule has 0 bridgehead atoms. The normalized spacial score (nSPS) is 19.3. The van der Waals surface area contributed by atoms with Gasteiger partial charge in [-0.2, -0.15) is 0 Å². The van der Waals surface area contributed by atoms with Crippen molar-refractivity contribution in [3.05, 3.63) is 17.5 Å². The Hall–Kier alpha value is -1.65. The SMILES string of the molecule is CCOC(=O)c1cnc(N2CCC[C@@H](C)C2)nc1C. The molecular weight excluding hydrogens is 242 g/mol. The number of anilines is 1. The number of hydrogen-bond donors (Lipinski definition) is 0. The summed E-state index contributed by atoms with van der Waals surface area (Å²) in [5.41, 5.74) is 1.14. The molecule has 0 spiro atoms. The number of piperidine rings is 1. The van der Waals surface area contributed by atoms with Crippen molar-refractivity contribution in [2.75, 3.05) is 24.6 Å². The fraction of sp³-hybridized carbons (Fsp3) is 0.643. The summed E-state index contributed by atoms with van der Waals surface area (Å²) >= 11 is 0. The molecule has 2 rings (SSSR count). The quantitative estimate of drug-likeness (QED) is 0.782. The molecule has 5 nitrogen and oxygen atoms in total. The van der Waals surface area contributed by atoms with Crippen molar-refractivity contribution in [1.82, 2.24) is 9.97 Å². The van der Waals surface area contributed by atoms with Crippen LogP contribution in [0.5, 0.6) is 0 Å². The molecule has 1 saturated heterocycles. The maximum atomic E-state index is 11.7. The van der Waals surface area contributed by atoms with Crippen LogP contribution in [-0.4, -0.2) is 35.6 Å². The monoisotopic (exact) mass is 263 g/mol. The molecule has 1 aliphatic rings. The first-order valence-corrected chi connectivity index (χ1v) is 6.87. The predicted octanol–water partition coefficient (Wildman–Crippen LogP) is 2.20. The summed E-state index contributed by atoms with van der Waals surface area (Å²) in [6.45, 7) is 8.19. The van der Waals surface area contributed by atoms with Crippen molar-refractivity contribution in [1.29, 1.82) is 0 Å². The summed E-state index contributed by atoms with van der Waals surface area (Å²) in [4.78, 5) is 22.6. The van der Waals surface area contributed by atoms with Crippen LogP contribution in [0.2, 0.25) is 0 Å². The highest BCUT2D eigenvalue weighted by Crippen LogP contribution is 2.20. The maximum absolute atomic E-state index is 11.7. The largest absolute Gasteiger partial charge is 0.462 e. The first-order valence-electron chi connectivity index (χ1n) is 6.87. The van der Waals surface area contributed by atoms with Crippen LogP contribution in [-0.2, 0) is 4.74 Å². The Morgan fingerprint density at radius 1 is 1.58 bits per heavy atom. The molecule has 1 aromatic rings. The van der Waals surface area contributed by atoms with Crippen molar-refractivity contribution in [2.24, 2.45) is 5.92 Å². The molecule has 0 saturated carbocycles. The number of rotatable bonds is 3. The first-order chi connectivity index (χ1) is 9.11. The van der Waals surface area contributed by atoms with Gasteiger partial charge in [0.2, 0.25) is 5.95 Å². The molecule has 5 heteroatoms. The van der Waals surface area contributed by atoms with Crippen LogP contribution >= 0.6 is 0 Å². The summed E-state index contributed by atoms with van der Waals surface area (Å²) in [5, 5.41) is 0. The average Bonchev–Trinajstić information content (AvgIpc) is 2.38. The first kappa shape index (κ1) is 13.8. The summed E-state index contributed by atoms with van der Waals surface area (Å²) in [6, 6.07) is 0. The van der Waals surface area contributed by atoms with Gasteiger partial charge in [-0.15, -0.1) is 0 Å². The van der Waals surface area contributed by atoms with Crippen LogP contribution in [0.4, 0.5) is 5.95 Å². The number of aryl methyl sites for hydroxylation is 1. The third-order valence-electron chi connectivity index (χ3n) is 3.40. The number of hydrogen-bond acceptors (Lipinski definition) is 5. The molecular formula is C14H21N3O2. The Balaban J connectivity index is 2.16. The maximum Gasteiger partial charge on any atom is 0.341 e. The summed E-state index contributed by atoms with van der Waals surface area (Å²) in [5.74, 6) is 1.04. The fourth-order valence-electron chi connectivity index (χ4n) is 2.39. The zero-order chi connectivity index (χ0) is 13.8. The number of carbonyl (C=O) groups excluding carboxylic acids is 1. The van der Waals surface area contributed by atoms with Gasteiger partial charge in [-0.1, -0.05) is 6.92 Å². The Morgan fingerprint density at radius 3 is 3.00 bits per heavy atom. The molecule has 1 fully saturated rings. The van der Waals surface area contributed by atoms with E-state index in [1.807, 2.05) is 6.92 Å². The molecule has 0 amide bonds. The molecule has 0 radical (unpaired) electrons. The zero-order valence-corrected chi connectivity index (χ0v) is 11.8. The van der Waals surface area contributed by atoms with E-state index in [1.165, 1.54) is 12.8 Å². The summed E-state index contributed by atoms with van der Waals surface area (Å²) in [7, 11) is 0. The van der Waals surface area contributed by atoms with Gasteiger partial charge in [-0.3, -0.25) is 0 Å². The van der Waals surface area contributed by atoms with Crippen molar-refractivity contribution in [3.8, 4) is 0 Å². The zero-order valence-electron chi connectivity index (χ0n) is 11.8. The fourth-order valence-corrected chi connectivity index (χ4v) is 2.39. The van der Waals surface area contributed by atoms with Crippen LogP contribution in [0.1, 0.15) is 42.7 Å². The van der Waals surface area contributed by atoms with E-state index in [0.29, 0.717) is 23.8 Å². The minimum absolute atomic E-state index is 0.349. The Kier molecular flexibility index (Phi) is 4.35. The smallest absolute Gasteiger partial charge is 0.341 e. The van der Waals surface area contributed by atoms with Crippen molar-refractivity contribution >= 4 is 11.9 Å². The predicted molar refractivity (Wildman–Crippen MR) is 73.3 cm³/mol. The second-order valence-electron chi connectivity index (χ2n) is 5.08. The Labute approximate surface area is 114 Å². The van der Waals surface area contributed by atoms with Crippen LogP contribution < -0.4 is 4.90 Å².